The second kappa shape index (κ2) is 23.3. The summed E-state index contributed by atoms with van der Waals surface area (Å²) in [7, 11) is 1.97. The number of carboxylic acids is 1. The molecule has 63 heavy (non-hydrogen) atoms. The second-order valence-electron chi connectivity index (χ2n) is 15.7. The van der Waals surface area contributed by atoms with Crippen molar-refractivity contribution in [1.82, 2.24) is 26.2 Å². The van der Waals surface area contributed by atoms with Crippen LogP contribution >= 0.6 is 0 Å². The molecule has 0 aliphatic heterocycles. The number of hydrogen-bond donors (Lipinski definition) is 9. The van der Waals surface area contributed by atoms with E-state index in [1.54, 1.807) is 12.1 Å². The van der Waals surface area contributed by atoms with Gasteiger partial charge in [-0.05, 0) is 102 Å². The van der Waals surface area contributed by atoms with Gasteiger partial charge in [0, 0.05) is 19.5 Å². The number of guanidine groups is 1. The predicted molar refractivity (Wildman–Crippen MR) is 243 cm³/mol. The van der Waals surface area contributed by atoms with Gasteiger partial charge in [0.05, 0.1) is 6.04 Å². The normalized spacial score (nSPS) is 13.1. The molecule has 0 saturated heterocycles. The molecule has 0 aromatic heterocycles. The number of phenolic OH excluding ortho intramolecular Hbond substituents is 1. The van der Waals surface area contributed by atoms with Crippen molar-refractivity contribution in [2.45, 2.75) is 69.2 Å². The number of fused-ring (bicyclic) bond motifs is 2. The molecule has 0 aliphatic carbocycles. The zero-order chi connectivity index (χ0) is 45.3. The smallest absolute Gasteiger partial charge is 0.322 e. The van der Waals surface area contributed by atoms with Gasteiger partial charge in [-0.1, -0.05) is 91.0 Å². The number of carboxylic acid groups (broad SMARTS) is 1. The van der Waals surface area contributed by atoms with E-state index in [0.717, 1.165) is 27.1 Å². The van der Waals surface area contributed by atoms with E-state index in [1.807, 2.05) is 61.6 Å². The fourth-order valence-electron chi connectivity index (χ4n) is 7.23. The van der Waals surface area contributed by atoms with Crippen molar-refractivity contribution in [3.05, 3.63) is 126 Å². The van der Waals surface area contributed by atoms with E-state index in [1.165, 1.54) is 12.1 Å². The summed E-state index contributed by atoms with van der Waals surface area (Å²) in [5.74, 6) is -4.04. The maximum absolute atomic E-state index is 14.3. The number of nitrogens with one attached hydrogen (secondary N) is 4. The number of amides is 4. The van der Waals surface area contributed by atoms with Crippen LogP contribution in [0.15, 0.2) is 114 Å². The van der Waals surface area contributed by atoms with Gasteiger partial charge in [-0.2, -0.15) is 0 Å². The van der Waals surface area contributed by atoms with Crippen LogP contribution in [-0.4, -0.2) is 102 Å². The summed E-state index contributed by atoms with van der Waals surface area (Å²) in [5.41, 5.74) is 19.9. The summed E-state index contributed by atoms with van der Waals surface area (Å²) < 4.78 is 0. The van der Waals surface area contributed by atoms with E-state index < -0.39 is 60.3 Å². The Morgan fingerprint density at radius 1 is 0.635 bits per heavy atom. The van der Waals surface area contributed by atoms with Crippen molar-refractivity contribution in [1.29, 1.82) is 0 Å². The van der Waals surface area contributed by atoms with Gasteiger partial charge in [-0.25, -0.2) is 0 Å². The van der Waals surface area contributed by atoms with Gasteiger partial charge in [-0.15, -0.1) is 0 Å². The SMILES string of the molecule is CN(CCC[C@H](NC(=O)[C@H](N)Cc1ccc(O)cc1)C(=O)N[C@@H](CCCN=C(N)N)C(=O)N[C@@H](Cc1ccc2ccccc2c1)C(=O)NCC(=O)O)Cc1ccc2ccccc2c1. The van der Waals surface area contributed by atoms with E-state index in [2.05, 4.69) is 61.5 Å². The lowest BCUT2D eigenvalue weighted by molar-refractivity contribution is -0.138. The van der Waals surface area contributed by atoms with Crippen LogP contribution in [0.3, 0.4) is 0 Å². The van der Waals surface area contributed by atoms with Crippen molar-refractivity contribution in [2.24, 2.45) is 22.2 Å². The highest BCUT2D eigenvalue weighted by atomic mass is 16.4. The molecule has 0 bridgehead atoms. The largest absolute Gasteiger partial charge is 0.508 e. The van der Waals surface area contributed by atoms with E-state index in [0.29, 0.717) is 30.6 Å². The Labute approximate surface area is 366 Å². The highest BCUT2D eigenvalue weighted by Crippen LogP contribution is 2.19. The van der Waals surface area contributed by atoms with Crippen molar-refractivity contribution < 1.29 is 34.2 Å². The maximum atomic E-state index is 14.3. The molecule has 0 saturated carbocycles. The molecule has 0 radical (unpaired) electrons. The molecule has 4 amide bonds. The molecule has 0 fully saturated rings. The van der Waals surface area contributed by atoms with Gasteiger partial charge in [-0.3, -0.25) is 29.0 Å². The first-order valence-electron chi connectivity index (χ1n) is 20.9. The van der Waals surface area contributed by atoms with Crippen molar-refractivity contribution in [3.8, 4) is 5.75 Å². The lowest BCUT2D eigenvalue weighted by atomic mass is 10.0. The molecule has 0 aliphatic rings. The average Bonchev–Trinajstić information content (AvgIpc) is 3.26. The molecule has 5 aromatic carbocycles. The summed E-state index contributed by atoms with van der Waals surface area (Å²) in [6, 6.07) is 29.3. The van der Waals surface area contributed by atoms with Crippen LogP contribution in [0.5, 0.6) is 5.75 Å². The first kappa shape index (κ1) is 47.0. The van der Waals surface area contributed by atoms with Crippen molar-refractivity contribution in [3.63, 3.8) is 0 Å². The molecular formula is C47H57N9O7. The highest BCUT2D eigenvalue weighted by molar-refractivity contribution is 5.95. The average molecular weight is 860 g/mol. The summed E-state index contributed by atoms with van der Waals surface area (Å²) in [6.07, 6.45) is 1.12. The summed E-state index contributed by atoms with van der Waals surface area (Å²) in [4.78, 5) is 72.9. The Morgan fingerprint density at radius 2 is 1.16 bits per heavy atom. The van der Waals surface area contributed by atoms with Gasteiger partial charge in [0.2, 0.25) is 23.6 Å². The fraction of sp³-hybridized carbons (Fsp3) is 0.319. The minimum Gasteiger partial charge on any atom is -0.508 e. The van der Waals surface area contributed by atoms with E-state index in [-0.39, 0.29) is 50.4 Å². The number of rotatable bonds is 23. The fourth-order valence-corrected chi connectivity index (χ4v) is 7.23. The van der Waals surface area contributed by atoms with Crippen LogP contribution in [0.1, 0.15) is 42.4 Å². The number of aliphatic imine (C=N–C) groups is 1. The number of carbonyl (C=O) groups excluding carboxylic acids is 4. The molecule has 16 nitrogen and oxygen atoms in total. The summed E-state index contributed by atoms with van der Waals surface area (Å²) in [6.45, 7) is 0.674. The standard InChI is InChI=1S/C47H57N9O7/c1-56(29-32-15-19-34-9-3-5-11-36(34)25-32)23-7-13-40(53-43(60)38(48)26-30-16-20-37(57)21-17-30)45(62)54-39(12-6-22-51-47(49)50)46(63)55-41(44(61)52-28-42(58)59)27-31-14-18-33-8-2-4-10-35(33)24-31/h2-5,8-11,14-21,24-25,38-41,57H,6-7,12-13,22-23,26-29,48H2,1H3,(H,52,61)(H,53,60)(H,54,62)(H,55,63)(H,58,59)(H4,49,50,51)/t38-,39+,40+,41+/m1/s1. The van der Waals surface area contributed by atoms with Crippen molar-refractivity contribution >= 4 is 57.1 Å². The van der Waals surface area contributed by atoms with Gasteiger partial charge in [0.1, 0.15) is 30.4 Å². The third kappa shape index (κ3) is 15.1. The topological polar surface area (TPSA) is 268 Å². The summed E-state index contributed by atoms with van der Waals surface area (Å²) >= 11 is 0. The molecule has 16 heteroatoms. The molecule has 12 N–H and O–H groups in total. The van der Waals surface area contributed by atoms with Gasteiger partial charge < -0.3 is 53.6 Å². The lowest BCUT2D eigenvalue weighted by Crippen LogP contribution is -2.58. The van der Waals surface area contributed by atoms with Crippen LogP contribution in [0.25, 0.3) is 21.5 Å². The molecule has 5 aromatic rings. The molecule has 4 atom stereocenters. The Balaban J connectivity index is 1.33. The molecule has 0 heterocycles. The number of hydrogen-bond acceptors (Lipinski definition) is 9. The van der Waals surface area contributed by atoms with Crippen LogP contribution in [0.4, 0.5) is 0 Å². The second-order valence-corrected chi connectivity index (χ2v) is 15.7. The van der Waals surface area contributed by atoms with Crippen molar-refractivity contribution in [2.75, 3.05) is 26.7 Å². The highest BCUT2D eigenvalue weighted by Gasteiger charge is 2.31. The Bertz CT molecular complexity index is 2390. The molecule has 0 unspecified atom stereocenters. The number of benzene rings is 5. The number of phenols is 1. The minimum absolute atomic E-state index is 0.0149. The number of nitrogens with two attached hydrogens (primary N) is 3. The zero-order valence-corrected chi connectivity index (χ0v) is 35.3. The molecule has 332 valence electrons. The lowest BCUT2D eigenvalue weighted by Gasteiger charge is -2.26. The van der Waals surface area contributed by atoms with E-state index in [9.17, 15) is 34.2 Å². The van der Waals surface area contributed by atoms with Gasteiger partial charge >= 0.3 is 5.97 Å². The van der Waals surface area contributed by atoms with Crippen LogP contribution in [-0.2, 0) is 43.4 Å². The monoisotopic (exact) mass is 859 g/mol. The van der Waals surface area contributed by atoms with Gasteiger partial charge in [0.25, 0.3) is 0 Å². The maximum Gasteiger partial charge on any atom is 0.322 e. The number of nitrogens with zero attached hydrogens (tertiary/aromatic N) is 2. The van der Waals surface area contributed by atoms with Gasteiger partial charge in [0.15, 0.2) is 5.96 Å². The molecular weight excluding hydrogens is 803 g/mol. The number of aromatic hydroxyl groups is 1. The zero-order valence-electron chi connectivity index (χ0n) is 35.3. The summed E-state index contributed by atoms with van der Waals surface area (Å²) in [5, 5.41) is 33.8. The molecule has 0 spiro atoms. The van der Waals surface area contributed by atoms with Crippen LogP contribution in [0.2, 0.25) is 0 Å². The molecule has 5 rings (SSSR count). The number of aliphatic carboxylic acids is 1. The minimum atomic E-state index is -1.26. The van der Waals surface area contributed by atoms with E-state index in [4.69, 9.17) is 17.2 Å². The third-order valence-electron chi connectivity index (χ3n) is 10.5. The van der Waals surface area contributed by atoms with Crippen LogP contribution < -0.4 is 38.5 Å². The van der Waals surface area contributed by atoms with Crippen LogP contribution in [0, 0.1) is 0 Å². The first-order valence-corrected chi connectivity index (χ1v) is 20.9. The Morgan fingerprint density at radius 3 is 1.76 bits per heavy atom. The van der Waals surface area contributed by atoms with E-state index >= 15 is 0 Å². The predicted octanol–water partition coefficient (Wildman–Crippen LogP) is 2.43. The Hall–Kier alpha value is -7.04. The first-order chi connectivity index (χ1) is 30.2. The third-order valence-corrected chi connectivity index (χ3v) is 10.5. The number of carbonyl (C=O) groups is 5. The quantitative estimate of drug-likeness (QED) is 0.0262. The Kier molecular flexibility index (Phi) is 17.4.